The van der Waals surface area contributed by atoms with Gasteiger partial charge in [-0.15, -0.1) is 6.42 Å². The van der Waals surface area contributed by atoms with Gasteiger partial charge in [0.25, 0.3) is 0 Å². The number of anilines is 2. The molecule has 0 atom stereocenters. The molecule has 0 aliphatic carbocycles. The number of para-hydroxylation sites is 1. The van der Waals surface area contributed by atoms with Crippen molar-refractivity contribution in [3.8, 4) is 12.3 Å². The number of benzene rings is 2. The molecule has 0 bridgehead atoms. The van der Waals surface area contributed by atoms with Crippen LogP contribution in [0.1, 0.15) is 18.1 Å². The van der Waals surface area contributed by atoms with Crippen LogP contribution in [0.2, 0.25) is 0 Å². The van der Waals surface area contributed by atoms with Crippen LogP contribution < -0.4 is 9.73 Å². The summed E-state index contributed by atoms with van der Waals surface area (Å²) in [6.07, 6.45) is 5.39. The number of terminal acetylenes is 1. The number of aryl methyl sites for hydroxylation is 1. The van der Waals surface area contributed by atoms with E-state index in [0.29, 0.717) is 11.4 Å². The Bertz CT molecular complexity index is 1010. The van der Waals surface area contributed by atoms with E-state index in [9.17, 15) is 21.6 Å². The molecular weight excluding hydrogens is 391 g/mol. The molecule has 2 aromatic carbocycles. The van der Waals surface area contributed by atoms with E-state index in [0.717, 1.165) is 5.56 Å². The van der Waals surface area contributed by atoms with Gasteiger partial charge in [-0.25, -0.2) is 0 Å². The van der Waals surface area contributed by atoms with Gasteiger partial charge in [-0.1, -0.05) is 35.7 Å². The maximum atomic E-state index is 12.8. The summed E-state index contributed by atoms with van der Waals surface area (Å²) in [5.41, 5.74) is -3.74. The Morgan fingerprint density at radius 2 is 1.86 bits per heavy atom. The largest absolute Gasteiger partial charge is 0.516 e. The first kappa shape index (κ1) is 21.3. The molecule has 0 heterocycles. The van der Waals surface area contributed by atoms with Crippen molar-refractivity contribution in [3.05, 3.63) is 59.7 Å². The summed E-state index contributed by atoms with van der Waals surface area (Å²) >= 11 is 0. The van der Waals surface area contributed by atoms with Gasteiger partial charge in [-0.2, -0.15) is 26.7 Å². The highest BCUT2D eigenvalue weighted by molar-refractivity contribution is 7.93. The monoisotopic (exact) mass is 409 g/mol. The van der Waals surface area contributed by atoms with Crippen molar-refractivity contribution in [3.63, 3.8) is 0 Å². The third kappa shape index (κ3) is 5.04. The zero-order valence-corrected chi connectivity index (χ0v) is 16.0. The summed E-state index contributed by atoms with van der Waals surface area (Å²) in [5, 5.41) is 5.89. The van der Waals surface area contributed by atoms with Gasteiger partial charge in [0.1, 0.15) is 6.54 Å². The second-order valence-corrected chi connectivity index (χ2v) is 7.56. The third-order valence-electron chi connectivity index (χ3n) is 3.68. The van der Waals surface area contributed by atoms with Gasteiger partial charge < -0.3 is 0 Å². The molecule has 0 radical (unpaired) electrons. The smallest absolute Gasteiger partial charge is 0.275 e. The highest BCUT2D eigenvalue weighted by Crippen LogP contribution is 2.28. The average Bonchev–Trinajstić information content (AvgIpc) is 2.62. The van der Waals surface area contributed by atoms with Gasteiger partial charge in [0.2, 0.25) is 0 Å². The zero-order valence-electron chi connectivity index (χ0n) is 15.2. The van der Waals surface area contributed by atoms with Crippen LogP contribution in [-0.4, -0.2) is 26.2 Å². The lowest BCUT2D eigenvalue weighted by atomic mass is 10.1. The standard InChI is InChI=1S/C19H18F3N3O2S/c1-4-12-25(16-8-6-5-7-9-16)23-15(3)17-13-14(2)10-11-18(17)24-28(26,27)19(20,21)22/h1,5-11,13,24H,12H2,2-3H3/b23-15+. The second-order valence-electron chi connectivity index (χ2n) is 5.88. The van der Waals surface area contributed by atoms with Gasteiger partial charge in [0, 0.05) is 5.56 Å². The molecule has 2 rings (SSSR count). The van der Waals surface area contributed by atoms with E-state index < -0.39 is 15.5 Å². The minimum absolute atomic E-state index is 0.122. The lowest BCUT2D eigenvalue weighted by molar-refractivity contribution is -0.0429. The Labute approximate surface area is 161 Å². The van der Waals surface area contributed by atoms with E-state index in [2.05, 4.69) is 11.0 Å². The SMILES string of the molecule is C#CCN(/N=C(\C)c1cc(C)ccc1NS(=O)(=O)C(F)(F)F)c1ccccc1. The minimum atomic E-state index is -5.56. The molecule has 0 saturated heterocycles. The van der Waals surface area contributed by atoms with E-state index in [1.165, 1.54) is 17.1 Å². The quantitative estimate of drug-likeness (QED) is 0.444. The van der Waals surface area contributed by atoms with Crippen LogP contribution in [0.15, 0.2) is 53.6 Å². The molecule has 28 heavy (non-hydrogen) atoms. The van der Waals surface area contributed by atoms with Crippen molar-refractivity contribution in [1.29, 1.82) is 0 Å². The van der Waals surface area contributed by atoms with Crippen molar-refractivity contribution < 1.29 is 21.6 Å². The fourth-order valence-electron chi connectivity index (χ4n) is 2.35. The third-order valence-corrected chi connectivity index (χ3v) is 4.78. The first-order valence-electron chi connectivity index (χ1n) is 8.06. The Balaban J connectivity index is 2.49. The summed E-state index contributed by atoms with van der Waals surface area (Å²) in [4.78, 5) is 0. The maximum Gasteiger partial charge on any atom is 0.516 e. The molecule has 0 saturated carbocycles. The number of nitrogens with zero attached hydrogens (tertiary/aromatic N) is 2. The van der Waals surface area contributed by atoms with E-state index in [1.807, 2.05) is 6.07 Å². The van der Waals surface area contributed by atoms with Crippen LogP contribution in [0.5, 0.6) is 0 Å². The molecule has 0 aromatic heterocycles. The summed E-state index contributed by atoms with van der Waals surface area (Å²) in [6, 6.07) is 13.3. The zero-order chi connectivity index (χ0) is 20.9. The van der Waals surface area contributed by atoms with E-state index in [1.54, 1.807) is 48.9 Å². The summed E-state index contributed by atoms with van der Waals surface area (Å²) in [5.74, 6) is 2.47. The first-order chi connectivity index (χ1) is 13.0. The van der Waals surface area contributed by atoms with Gasteiger partial charge in [0.15, 0.2) is 0 Å². The van der Waals surface area contributed by atoms with Crippen LogP contribution >= 0.6 is 0 Å². The van der Waals surface area contributed by atoms with Crippen LogP contribution in [0, 0.1) is 19.3 Å². The Hall–Kier alpha value is -2.99. The van der Waals surface area contributed by atoms with Crippen LogP contribution in [-0.2, 0) is 10.0 Å². The molecular formula is C19H18F3N3O2S. The van der Waals surface area contributed by atoms with E-state index >= 15 is 0 Å². The number of halogens is 3. The Kier molecular flexibility index (Phi) is 6.36. The maximum absolute atomic E-state index is 12.8. The molecule has 0 aliphatic heterocycles. The number of nitrogens with one attached hydrogen (secondary N) is 1. The molecule has 2 aromatic rings. The molecule has 0 spiro atoms. The normalized spacial score (nSPS) is 12.4. The molecule has 1 N–H and O–H groups in total. The molecule has 5 nitrogen and oxygen atoms in total. The minimum Gasteiger partial charge on any atom is -0.275 e. The van der Waals surface area contributed by atoms with Gasteiger partial charge in [-0.3, -0.25) is 9.73 Å². The van der Waals surface area contributed by atoms with Crippen molar-refractivity contribution in [1.82, 2.24) is 0 Å². The fraction of sp³-hybridized carbons (Fsp3) is 0.211. The highest BCUT2D eigenvalue weighted by atomic mass is 32.2. The average molecular weight is 409 g/mol. The first-order valence-corrected chi connectivity index (χ1v) is 9.55. The van der Waals surface area contributed by atoms with Gasteiger partial charge in [0.05, 0.1) is 17.1 Å². The topological polar surface area (TPSA) is 61.8 Å². The summed E-state index contributed by atoms with van der Waals surface area (Å²) < 4.78 is 62.9. The molecule has 0 aliphatic rings. The van der Waals surface area contributed by atoms with Crippen LogP contribution in [0.3, 0.4) is 0 Å². The number of rotatable bonds is 6. The molecule has 148 valence electrons. The molecule has 0 amide bonds. The summed E-state index contributed by atoms with van der Waals surface area (Å²) in [6.45, 7) is 3.42. The number of hydrazone groups is 1. The van der Waals surface area contributed by atoms with Gasteiger partial charge in [-0.05, 0) is 38.1 Å². The highest BCUT2D eigenvalue weighted by Gasteiger charge is 2.46. The fourth-order valence-corrected chi connectivity index (χ4v) is 2.94. The van der Waals surface area contributed by atoms with E-state index in [-0.39, 0.29) is 17.8 Å². The van der Waals surface area contributed by atoms with Crippen molar-refractivity contribution >= 4 is 27.1 Å². The summed E-state index contributed by atoms with van der Waals surface area (Å²) in [7, 11) is -5.56. The molecule has 9 heteroatoms. The number of hydrogen-bond acceptors (Lipinski definition) is 4. The second kappa shape index (κ2) is 8.35. The van der Waals surface area contributed by atoms with Crippen molar-refractivity contribution in [2.45, 2.75) is 19.4 Å². The number of alkyl halides is 3. The van der Waals surface area contributed by atoms with Crippen molar-refractivity contribution in [2.24, 2.45) is 5.10 Å². The van der Waals surface area contributed by atoms with Crippen molar-refractivity contribution in [2.75, 3.05) is 16.3 Å². The molecule has 0 fully saturated rings. The van der Waals surface area contributed by atoms with Crippen LogP contribution in [0.4, 0.5) is 24.5 Å². The predicted octanol–water partition coefficient (Wildman–Crippen LogP) is 4.12. The number of sulfonamides is 1. The van der Waals surface area contributed by atoms with E-state index in [4.69, 9.17) is 6.42 Å². The van der Waals surface area contributed by atoms with Crippen LogP contribution in [0.25, 0.3) is 0 Å². The Morgan fingerprint density at radius 1 is 1.21 bits per heavy atom. The predicted molar refractivity (Wildman–Crippen MR) is 105 cm³/mol. The Morgan fingerprint density at radius 3 is 2.43 bits per heavy atom. The molecule has 0 unspecified atom stereocenters. The number of hydrogen-bond donors (Lipinski definition) is 1. The van der Waals surface area contributed by atoms with Gasteiger partial charge >= 0.3 is 15.5 Å². The lowest BCUT2D eigenvalue weighted by Crippen LogP contribution is -2.30. The lowest BCUT2D eigenvalue weighted by Gasteiger charge is -2.19.